The molecule has 2 fully saturated rings. The smallest absolute Gasteiger partial charge is 0.225 e. The first-order valence-electron chi connectivity index (χ1n) is 10.6. The summed E-state index contributed by atoms with van der Waals surface area (Å²) in [5.41, 5.74) is 0. The molecule has 3 rings (SSSR count). The molecule has 0 unspecified atom stereocenters. The summed E-state index contributed by atoms with van der Waals surface area (Å²) in [4.78, 5) is 18.4. The van der Waals surface area contributed by atoms with Gasteiger partial charge in [-0.3, -0.25) is 9.69 Å². The number of thioether (sulfide) groups is 1. The van der Waals surface area contributed by atoms with Gasteiger partial charge in [0.25, 0.3) is 0 Å². The maximum atomic E-state index is 13.8. The minimum atomic E-state index is -1.05. The molecule has 1 aromatic rings. The standard InChI is InChI=1S/C23H29F3N2O2S/c1-3-4-19(31-2)15-27-9-5-16(6-10-27)23(29)28-11-7-18(8-12-28)30-22-20(25)13-17(24)14-21(22)26/h3-4,13-14,16,18H,1,5-12,15H2,2H3/b19-4-. The van der Waals surface area contributed by atoms with Gasteiger partial charge in [-0.1, -0.05) is 18.7 Å². The molecule has 0 spiro atoms. The number of hydrogen-bond acceptors (Lipinski definition) is 4. The van der Waals surface area contributed by atoms with Gasteiger partial charge >= 0.3 is 0 Å². The van der Waals surface area contributed by atoms with Crippen LogP contribution in [0.2, 0.25) is 0 Å². The van der Waals surface area contributed by atoms with Crippen molar-refractivity contribution in [3.05, 3.63) is 53.2 Å². The fourth-order valence-corrected chi connectivity index (χ4v) is 4.68. The minimum absolute atomic E-state index is 0.0156. The lowest BCUT2D eigenvalue weighted by Crippen LogP contribution is -2.47. The van der Waals surface area contributed by atoms with Crippen LogP contribution in [0.4, 0.5) is 13.2 Å². The molecule has 0 atom stereocenters. The van der Waals surface area contributed by atoms with Gasteiger partial charge in [0.1, 0.15) is 11.9 Å². The first-order chi connectivity index (χ1) is 14.9. The van der Waals surface area contributed by atoms with Crippen LogP contribution in [0.25, 0.3) is 0 Å². The Morgan fingerprint density at radius 3 is 2.29 bits per heavy atom. The second kappa shape index (κ2) is 11.1. The van der Waals surface area contributed by atoms with E-state index < -0.39 is 29.3 Å². The summed E-state index contributed by atoms with van der Waals surface area (Å²) in [6, 6.07) is 1.22. The van der Waals surface area contributed by atoms with Gasteiger partial charge in [-0.2, -0.15) is 0 Å². The number of allylic oxidation sites excluding steroid dienone is 2. The maximum Gasteiger partial charge on any atom is 0.225 e. The highest BCUT2D eigenvalue weighted by molar-refractivity contribution is 8.02. The molecule has 1 aromatic carbocycles. The van der Waals surface area contributed by atoms with E-state index in [2.05, 4.69) is 17.7 Å². The molecule has 2 heterocycles. The number of carbonyl (C=O) groups is 1. The van der Waals surface area contributed by atoms with Crippen LogP contribution < -0.4 is 4.74 Å². The summed E-state index contributed by atoms with van der Waals surface area (Å²) >= 11 is 1.72. The van der Waals surface area contributed by atoms with Crippen LogP contribution in [0.15, 0.2) is 35.8 Å². The largest absolute Gasteiger partial charge is 0.484 e. The van der Waals surface area contributed by atoms with Crippen LogP contribution in [0, 0.1) is 23.4 Å². The van der Waals surface area contributed by atoms with Gasteiger partial charge in [0.2, 0.25) is 5.91 Å². The van der Waals surface area contributed by atoms with Gasteiger partial charge < -0.3 is 9.64 Å². The van der Waals surface area contributed by atoms with Crippen molar-refractivity contribution in [2.75, 3.05) is 39.0 Å². The molecule has 2 aliphatic rings. The third-order valence-corrected chi connectivity index (χ3v) is 6.67. The molecule has 2 saturated heterocycles. The Morgan fingerprint density at radius 1 is 1.13 bits per heavy atom. The van der Waals surface area contributed by atoms with E-state index in [0.29, 0.717) is 38.1 Å². The number of benzene rings is 1. The Hall–Kier alpha value is -1.93. The van der Waals surface area contributed by atoms with Crippen LogP contribution in [0.5, 0.6) is 5.75 Å². The zero-order chi connectivity index (χ0) is 22.4. The normalized spacial score (nSPS) is 19.5. The number of piperidine rings is 2. The fourth-order valence-electron chi connectivity index (χ4n) is 4.14. The second-order valence-corrected chi connectivity index (χ2v) is 8.90. The number of hydrogen-bond donors (Lipinski definition) is 0. The average molecular weight is 455 g/mol. The van der Waals surface area contributed by atoms with E-state index in [1.54, 1.807) is 17.8 Å². The summed E-state index contributed by atoms with van der Waals surface area (Å²) in [5.74, 6) is -3.44. The lowest BCUT2D eigenvalue weighted by atomic mass is 9.94. The summed E-state index contributed by atoms with van der Waals surface area (Å²) in [7, 11) is 0. The average Bonchev–Trinajstić information content (AvgIpc) is 2.76. The molecule has 0 saturated carbocycles. The van der Waals surface area contributed by atoms with Gasteiger partial charge in [-0.05, 0) is 37.1 Å². The highest BCUT2D eigenvalue weighted by Crippen LogP contribution is 2.28. The van der Waals surface area contributed by atoms with E-state index in [1.807, 2.05) is 11.0 Å². The van der Waals surface area contributed by atoms with Gasteiger partial charge in [0.15, 0.2) is 17.4 Å². The number of amides is 1. The predicted molar refractivity (Wildman–Crippen MR) is 118 cm³/mol. The molecule has 8 heteroatoms. The van der Waals surface area contributed by atoms with Crippen LogP contribution in [-0.4, -0.2) is 60.8 Å². The van der Waals surface area contributed by atoms with E-state index >= 15 is 0 Å². The van der Waals surface area contributed by atoms with Gasteiger partial charge in [0.05, 0.1) is 0 Å². The first kappa shape index (κ1) is 23.7. The summed E-state index contributed by atoms with van der Waals surface area (Å²) in [6.45, 7) is 7.38. The lowest BCUT2D eigenvalue weighted by molar-refractivity contribution is -0.138. The molecule has 1 amide bonds. The number of likely N-dealkylation sites (tertiary alicyclic amines) is 2. The molecular formula is C23H29F3N2O2S. The summed E-state index contributed by atoms with van der Waals surface area (Å²) in [6.07, 6.45) is 8.12. The van der Waals surface area contributed by atoms with Crippen molar-refractivity contribution < 1.29 is 22.7 Å². The van der Waals surface area contributed by atoms with Crippen molar-refractivity contribution in [1.29, 1.82) is 0 Å². The van der Waals surface area contributed by atoms with Gasteiger partial charge in [0, 0.05) is 50.5 Å². The predicted octanol–water partition coefficient (Wildman–Crippen LogP) is 4.62. The van der Waals surface area contributed by atoms with Gasteiger partial charge in [-0.25, -0.2) is 13.2 Å². The Balaban J connectivity index is 1.46. The van der Waals surface area contributed by atoms with Crippen molar-refractivity contribution in [1.82, 2.24) is 9.80 Å². The minimum Gasteiger partial charge on any atom is -0.484 e. The molecule has 0 aliphatic carbocycles. The first-order valence-corrected chi connectivity index (χ1v) is 11.8. The molecule has 0 aromatic heterocycles. The number of carbonyl (C=O) groups excluding carboxylic acids is 1. The molecular weight excluding hydrogens is 425 g/mol. The molecule has 0 N–H and O–H groups in total. The number of ether oxygens (including phenoxy) is 1. The zero-order valence-electron chi connectivity index (χ0n) is 17.8. The Kier molecular flexibility index (Phi) is 8.49. The van der Waals surface area contributed by atoms with Crippen LogP contribution in [0.1, 0.15) is 25.7 Å². The molecule has 2 aliphatic heterocycles. The van der Waals surface area contributed by atoms with Crippen molar-refractivity contribution in [3.63, 3.8) is 0 Å². The van der Waals surface area contributed by atoms with E-state index in [0.717, 1.165) is 32.5 Å². The number of nitrogens with zero attached hydrogens (tertiary/aromatic N) is 2. The van der Waals surface area contributed by atoms with E-state index in [4.69, 9.17) is 4.74 Å². The molecule has 31 heavy (non-hydrogen) atoms. The Morgan fingerprint density at radius 2 is 1.74 bits per heavy atom. The SMILES string of the molecule is C=C/C=C(/CN1CCC(C(=O)N2CCC(Oc3c(F)cc(F)cc3F)CC2)CC1)SC. The maximum absolute atomic E-state index is 13.8. The van der Waals surface area contributed by atoms with E-state index in [9.17, 15) is 18.0 Å². The van der Waals surface area contributed by atoms with Crippen molar-refractivity contribution in [2.24, 2.45) is 5.92 Å². The van der Waals surface area contributed by atoms with Crippen molar-refractivity contribution in [3.8, 4) is 5.75 Å². The molecule has 170 valence electrons. The molecule has 0 bridgehead atoms. The third kappa shape index (κ3) is 6.29. The topological polar surface area (TPSA) is 32.8 Å². The van der Waals surface area contributed by atoms with Gasteiger partial charge in [-0.15, -0.1) is 11.8 Å². The van der Waals surface area contributed by atoms with E-state index in [1.165, 1.54) is 4.91 Å². The van der Waals surface area contributed by atoms with Crippen molar-refractivity contribution in [2.45, 2.75) is 31.8 Å². The monoisotopic (exact) mass is 454 g/mol. The van der Waals surface area contributed by atoms with E-state index in [-0.39, 0.29) is 11.8 Å². The third-order valence-electron chi connectivity index (χ3n) is 5.88. The van der Waals surface area contributed by atoms with Crippen LogP contribution >= 0.6 is 11.8 Å². The highest BCUT2D eigenvalue weighted by atomic mass is 32.2. The zero-order valence-corrected chi connectivity index (χ0v) is 18.6. The van der Waals surface area contributed by atoms with Crippen molar-refractivity contribution >= 4 is 17.7 Å². The number of rotatable bonds is 7. The molecule has 4 nitrogen and oxygen atoms in total. The fraction of sp³-hybridized carbons (Fsp3) is 0.522. The van der Waals surface area contributed by atoms with Crippen LogP contribution in [0.3, 0.4) is 0 Å². The Labute approximate surface area is 186 Å². The second-order valence-electron chi connectivity index (χ2n) is 7.96. The summed E-state index contributed by atoms with van der Waals surface area (Å²) < 4.78 is 46.1. The van der Waals surface area contributed by atoms with Crippen LogP contribution in [-0.2, 0) is 4.79 Å². The highest BCUT2D eigenvalue weighted by Gasteiger charge is 2.32. The Bertz CT molecular complexity index is 794. The summed E-state index contributed by atoms with van der Waals surface area (Å²) in [5, 5.41) is 0. The number of halogens is 3. The lowest BCUT2D eigenvalue weighted by Gasteiger charge is -2.37. The molecule has 0 radical (unpaired) electrons. The quantitative estimate of drug-likeness (QED) is 0.563.